The maximum Gasteiger partial charge on any atom is 0.231 e. The molecule has 198 valence electrons. The molecule has 7 N–H and O–H groups in total. The highest BCUT2D eigenvalue weighted by atomic mass is 32.1. The van der Waals surface area contributed by atoms with Gasteiger partial charge in [-0.15, -0.1) is 11.3 Å². The van der Waals surface area contributed by atoms with E-state index in [1.807, 2.05) is 19.9 Å². The van der Waals surface area contributed by atoms with Gasteiger partial charge in [-0.05, 0) is 58.9 Å². The molecule has 0 aliphatic heterocycles. The first-order valence-electron chi connectivity index (χ1n) is 12.6. The lowest BCUT2D eigenvalue weighted by molar-refractivity contribution is -0.0601. The number of nitrogens with one attached hydrogen (secondary N) is 4. The molecule has 0 unspecified atom stereocenters. The molecule has 2 saturated carbocycles. The Hall–Kier alpha value is -2.93. The Morgan fingerprint density at radius 1 is 1.14 bits per heavy atom. The van der Waals surface area contributed by atoms with E-state index in [-0.39, 0.29) is 11.9 Å². The van der Waals surface area contributed by atoms with E-state index in [2.05, 4.69) is 30.9 Å². The number of hydrogen-bond acceptors (Lipinski definition) is 10. The number of aliphatic hydroxyl groups excluding tert-OH is 2. The summed E-state index contributed by atoms with van der Waals surface area (Å²) in [4.78, 5) is 18.4. The number of fused-ring (bicyclic) bond motifs is 1. The minimum Gasteiger partial charge on any atom is -0.390 e. The first-order chi connectivity index (χ1) is 17.5. The van der Waals surface area contributed by atoms with Gasteiger partial charge in [0.1, 0.15) is 22.4 Å². The van der Waals surface area contributed by atoms with Crippen LogP contribution in [0.3, 0.4) is 0 Å². The van der Waals surface area contributed by atoms with Crippen LogP contribution >= 0.6 is 11.3 Å². The highest BCUT2D eigenvalue weighted by molar-refractivity contribution is 7.21. The van der Waals surface area contributed by atoms with Gasteiger partial charge in [-0.2, -0.15) is 4.98 Å². The van der Waals surface area contributed by atoms with Crippen molar-refractivity contribution in [1.29, 1.82) is 5.41 Å². The van der Waals surface area contributed by atoms with E-state index < -0.39 is 29.8 Å². The monoisotopic (exact) mass is 526 g/mol. The largest absolute Gasteiger partial charge is 0.390 e. The molecule has 3 aromatic rings. The van der Waals surface area contributed by atoms with E-state index in [1.54, 1.807) is 20.0 Å². The van der Waals surface area contributed by atoms with Gasteiger partial charge in [0, 0.05) is 18.7 Å². The summed E-state index contributed by atoms with van der Waals surface area (Å²) < 4.78 is 0.986. The molecular formula is C25H34N8O3S. The third-order valence-electron chi connectivity index (χ3n) is 7.21. The zero-order valence-electron chi connectivity index (χ0n) is 21.4. The minimum atomic E-state index is -1.16. The van der Waals surface area contributed by atoms with Crippen LogP contribution in [0.15, 0.2) is 12.3 Å². The number of aliphatic hydroxyl groups is 3. The van der Waals surface area contributed by atoms with Gasteiger partial charge in [0.25, 0.3) is 0 Å². The Bertz CT molecular complexity index is 1320. The maximum absolute atomic E-state index is 10.8. The lowest BCUT2D eigenvalue weighted by Crippen LogP contribution is -2.40. The topological polar surface area (TPSA) is 172 Å². The van der Waals surface area contributed by atoms with E-state index in [0.29, 0.717) is 34.4 Å². The molecule has 0 amide bonds. The second-order valence-electron chi connectivity index (χ2n) is 10.7. The van der Waals surface area contributed by atoms with Gasteiger partial charge in [0.05, 0.1) is 39.4 Å². The summed E-state index contributed by atoms with van der Waals surface area (Å²) in [6.07, 6.45) is 2.27. The summed E-state index contributed by atoms with van der Waals surface area (Å²) >= 11 is 1.50. The number of pyridine rings is 1. The van der Waals surface area contributed by atoms with Crippen molar-refractivity contribution in [2.45, 2.75) is 70.8 Å². The van der Waals surface area contributed by atoms with Crippen molar-refractivity contribution in [3.63, 3.8) is 0 Å². The summed E-state index contributed by atoms with van der Waals surface area (Å²) in [5, 5.41) is 50.2. The van der Waals surface area contributed by atoms with E-state index in [9.17, 15) is 15.3 Å². The summed E-state index contributed by atoms with van der Waals surface area (Å²) in [7, 11) is 0. The molecule has 0 saturated heterocycles. The van der Waals surface area contributed by atoms with Crippen LogP contribution in [0.1, 0.15) is 44.5 Å². The Labute approximate surface area is 219 Å². The summed E-state index contributed by atoms with van der Waals surface area (Å²) in [6, 6.07) is 1.36. The highest BCUT2D eigenvalue weighted by Gasteiger charge is 2.48. The number of anilines is 2. The second-order valence-corrected chi connectivity index (χ2v) is 11.7. The molecule has 0 radical (unpaired) electrons. The standard InChI is InChI=1S/C25H34N8O3S/c1-11-17(22-31-18-12(2)27-8-7-16(18)37-22)21(30-15-9-14(25(3,4)36)19(34)20(15)35)32-24(29-11)33-23(26)28-10-13-5-6-13/h7-8,13-15,19-20,34-36H,5-6,9-10H2,1-4H3,(H4,26,28,29,30,32,33)/t14-,15+,19+,20-/m0/s1. The number of aromatic nitrogens is 4. The number of hydrogen-bond donors (Lipinski definition) is 7. The molecule has 0 aromatic carbocycles. The predicted octanol–water partition coefficient (Wildman–Crippen LogP) is 2.40. The van der Waals surface area contributed by atoms with Gasteiger partial charge in [0.15, 0.2) is 5.96 Å². The molecule has 0 spiro atoms. The van der Waals surface area contributed by atoms with Crippen molar-refractivity contribution in [2.24, 2.45) is 11.8 Å². The molecule has 37 heavy (non-hydrogen) atoms. The molecule has 2 aliphatic rings. The zero-order chi connectivity index (χ0) is 26.5. The average Bonchev–Trinajstić information content (AvgIpc) is 3.48. The number of aryl methyl sites for hydroxylation is 2. The summed E-state index contributed by atoms with van der Waals surface area (Å²) in [5.41, 5.74) is 1.79. The number of guanidine groups is 1. The van der Waals surface area contributed by atoms with Crippen LogP contribution in [0.4, 0.5) is 11.8 Å². The lowest BCUT2D eigenvalue weighted by Gasteiger charge is -2.28. The van der Waals surface area contributed by atoms with Crippen molar-refractivity contribution in [3.8, 4) is 10.6 Å². The molecule has 4 atom stereocenters. The van der Waals surface area contributed by atoms with Crippen LogP contribution in [-0.2, 0) is 0 Å². The van der Waals surface area contributed by atoms with Gasteiger partial charge in [-0.1, -0.05) is 0 Å². The summed E-state index contributed by atoms with van der Waals surface area (Å²) in [6.45, 7) is 7.77. The number of thiazole rings is 1. The summed E-state index contributed by atoms with van der Waals surface area (Å²) in [5.74, 6) is 0.885. The van der Waals surface area contributed by atoms with Crippen LogP contribution in [0.5, 0.6) is 0 Å². The molecule has 0 bridgehead atoms. The quantitative estimate of drug-likeness (QED) is 0.179. The Balaban J connectivity index is 1.50. The molecule has 11 nitrogen and oxygen atoms in total. The molecule has 12 heteroatoms. The van der Waals surface area contributed by atoms with Gasteiger partial charge >= 0.3 is 0 Å². The second kappa shape index (κ2) is 9.75. The first kappa shape index (κ1) is 25.7. The van der Waals surface area contributed by atoms with E-state index in [4.69, 9.17) is 10.4 Å². The number of nitrogens with zero attached hydrogens (tertiary/aromatic N) is 4. The fourth-order valence-electron chi connectivity index (χ4n) is 4.86. The van der Waals surface area contributed by atoms with Crippen molar-refractivity contribution < 1.29 is 15.3 Å². The third kappa shape index (κ3) is 5.37. The highest BCUT2D eigenvalue weighted by Crippen LogP contribution is 2.40. The Morgan fingerprint density at radius 3 is 2.54 bits per heavy atom. The van der Waals surface area contributed by atoms with Gasteiger partial charge in [-0.25, -0.2) is 9.97 Å². The van der Waals surface area contributed by atoms with Gasteiger partial charge in [0.2, 0.25) is 5.95 Å². The van der Waals surface area contributed by atoms with Gasteiger partial charge in [-0.3, -0.25) is 15.7 Å². The van der Waals surface area contributed by atoms with Crippen LogP contribution in [0, 0.1) is 31.1 Å². The minimum absolute atomic E-state index is 0.116. The predicted molar refractivity (Wildman–Crippen MR) is 144 cm³/mol. The fourth-order valence-corrected chi connectivity index (χ4v) is 5.97. The van der Waals surface area contributed by atoms with Crippen LogP contribution in [0.2, 0.25) is 0 Å². The zero-order valence-corrected chi connectivity index (χ0v) is 22.2. The van der Waals surface area contributed by atoms with E-state index in [0.717, 1.165) is 22.5 Å². The smallest absolute Gasteiger partial charge is 0.231 e. The molecule has 5 rings (SSSR count). The molecule has 2 aliphatic carbocycles. The lowest BCUT2D eigenvalue weighted by atomic mass is 9.88. The van der Waals surface area contributed by atoms with Crippen LogP contribution in [-0.4, -0.2) is 71.6 Å². The SMILES string of the molecule is Cc1nc(NC(=N)NCC2CC2)nc(N[C@@H]2C[C@H](C(C)(C)O)[C@@H](O)[C@H]2O)c1-c1nc2c(C)nccc2s1. The molecule has 3 aromatic heterocycles. The van der Waals surface area contributed by atoms with E-state index in [1.165, 1.54) is 24.2 Å². The average molecular weight is 527 g/mol. The van der Waals surface area contributed by atoms with Crippen molar-refractivity contribution in [3.05, 3.63) is 23.7 Å². The maximum atomic E-state index is 10.8. The van der Waals surface area contributed by atoms with Gasteiger partial charge < -0.3 is 26.0 Å². The molecule has 2 fully saturated rings. The van der Waals surface area contributed by atoms with Crippen molar-refractivity contribution in [2.75, 3.05) is 17.2 Å². The third-order valence-corrected chi connectivity index (χ3v) is 8.25. The van der Waals surface area contributed by atoms with Crippen LogP contribution < -0.4 is 16.0 Å². The fraction of sp³-hybridized carbons (Fsp3) is 0.560. The Morgan fingerprint density at radius 2 is 1.89 bits per heavy atom. The van der Waals surface area contributed by atoms with E-state index >= 15 is 0 Å². The Kier molecular flexibility index (Phi) is 6.77. The van der Waals surface area contributed by atoms with Crippen molar-refractivity contribution >= 4 is 39.3 Å². The van der Waals surface area contributed by atoms with Crippen molar-refractivity contribution in [1.82, 2.24) is 25.3 Å². The van der Waals surface area contributed by atoms with Crippen LogP contribution in [0.25, 0.3) is 20.8 Å². The number of rotatable bonds is 7. The normalized spacial score (nSPS) is 23.9. The molecule has 3 heterocycles. The molecular weight excluding hydrogens is 492 g/mol. The first-order valence-corrected chi connectivity index (χ1v) is 13.4.